The van der Waals surface area contributed by atoms with Crippen LogP contribution < -0.4 is 5.43 Å². The van der Waals surface area contributed by atoms with Gasteiger partial charge in [-0.3, -0.25) is 4.79 Å². The van der Waals surface area contributed by atoms with Crippen molar-refractivity contribution in [3.8, 4) is 0 Å². The topological polar surface area (TPSA) is 41.5 Å². The summed E-state index contributed by atoms with van der Waals surface area (Å²) in [4.78, 5) is 11.9. The summed E-state index contributed by atoms with van der Waals surface area (Å²) in [6.07, 6.45) is 1.99. The maximum Gasteiger partial charge on any atom is 0.244 e. The SMILES string of the molecule is Cc1ccc(C)c(CC(=O)N/N=C/c2ccc(I)cc2)c1. The number of nitrogens with zero attached hydrogens (tertiary/aromatic N) is 1. The van der Waals surface area contributed by atoms with Gasteiger partial charge in [-0.2, -0.15) is 5.10 Å². The summed E-state index contributed by atoms with van der Waals surface area (Å²) in [5.41, 5.74) is 6.85. The zero-order chi connectivity index (χ0) is 15.2. The predicted octanol–water partition coefficient (Wildman–Crippen LogP) is 3.60. The van der Waals surface area contributed by atoms with Crippen LogP contribution in [0.5, 0.6) is 0 Å². The van der Waals surface area contributed by atoms with E-state index in [0.29, 0.717) is 6.42 Å². The zero-order valence-electron chi connectivity index (χ0n) is 12.1. The molecule has 0 heterocycles. The molecule has 1 amide bonds. The van der Waals surface area contributed by atoms with Crippen LogP contribution in [0.2, 0.25) is 0 Å². The van der Waals surface area contributed by atoms with Crippen LogP contribution in [-0.4, -0.2) is 12.1 Å². The summed E-state index contributed by atoms with van der Waals surface area (Å²) in [5, 5.41) is 3.99. The number of hydrazone groups is 1. The number of carbonyl (C=O) groups excluding carboxylic acids is 1. The first-order chi connectivity index (χ1) is 10.0. The van der Waals surface area contributed by atoms with E-state index in [2.05, 4.69) is 33.1 Å². The second-order valence-corrected chi connectivity index (χ2v) is 6.20. The third-order valence-corrected chi connectivity index (χ3v) is 3.85. The third kappa shape index (κ3) is 4.97. The highest BCUT2D eigenvalue weighted by Gasteiger charge is 2.05. The molecule has 3 nitrogen and oxygen atoms in total. The first-order valence-electron chi connectivity index (χ1n) is 6.68. The molecule has 0 radical (unpaired) electrons. The molecule has 4 heteroatoms. The van der Waals surface area contributed by atoms with Crippen LogP contribution >= 0.6 is 22.6 Å². The van der Waals surface area contributed by atoms with Crippen molar-refractivity contribution in [3.63, 3.8) is 0 Å². The van der Waals surface area contributed by atoms with Crippen molar-refractivity contribution in [2.45, 2.75) is 20.3 Å². The van der Waals surface area contributed by atoms with Crippen molar-refractivity contribution in [2.75, 3.05) is 0 Å². The number of halogens is 1. The van der Waals surface area contributed by atoms with E-state index in [-0.39, 0.29) is 5.91 Å². The highest BCUT2D eigenvalue weighted by molar-refractivity contribution is 14.1. The molecule has 0 atom stereocenters. The van der Waals surface area contributed by atoms with Crippen molar-refractivity contribution in [1.82, 2.24) is 5.43 Å². The minimum Gasteiger partial charge on any atom is -0.273 e. The third-order valence-electron chi connectivity index (χ3n) is 3.13. The second kappa shape index (κ2) is 7.36. The summed E-state index contributed by atoms with van der Waals surface area (Å²) in [5.74, 6) is -0.106. The maximum atomic E-state index is 11.9. The van der Waals surface area contributed by atoms with Gasteiger partial charge >= 0.3 is 0 Å². The van der Waals surface area contributed by atoms with Crippen LogP contribution in [0, 0.1) is 17.4 Å². The smallest absolute Gasteiger partial charge is 0.244 e. The van der Waals surface area contributed by atoms with Crippen LogP contribution in [-0.2, 0) is 11.2 Å². The molecule has 0 aromatic heterocycles. The normalized spacial score (nSPS) is 10.8. The first-order valence-corrected chi connectivity index (χ1v) is 7.76. The van der Waals surface area contributed by atoms with Gasteiger partial charge in [0.2, 0.25) is 5.91 Å². The van der Waals surface area contributed by atoms with Gasteiger partial charge in [0, 0.05) is 3.57 Å². The molecule has 0 aliphatic rings. The maximum absolute atomic E-state index is 11.9. The molecule has 108 valence electrons. The molecule has 2 rings (SSSR count). The van der Waals surface area contributed by atoms with Gasteiger partial charge in [-0.05, 0) is 65.3 Å². The van der Waals surface area contributed by atoms with E-state index in [9.17, 15) is 4.79 Å². The van der Waals surface area contributed by atoms with Crippen molar-refractivity contribution >= 4 is 34.7 Å². The molecular weight excluding hydrogens is 375 g/mol. The van der Waals surface area contributed by atoms with Crippen LogP contribution in [0.3, 0.4) is 0 Å². The molecule has 0 fully saturated rings. The van der Waals surface area contributed by atoms with Gasteiger partial charge in [-0.25, -0.2) is 5.43 Å². The Hall–Kier alpha value is -1.69. The predicted molar refractivity (Wildman–Crippen MR) is 94.5 cm³/mol. The van der Waals surface area contributed by atoms with Gasteiger partial charge in [-0.1, -0.05) is 35.9 Å². The molecule has 0 aliphatic heterocycles. The lowest BCUT2D eigenvalue weighted by molar-refractivity contribution is -0.120. The van der Waals surface area contributed by atoms with Crippen molar-refractivity contribution in [1.29, 1.82) is 0 Å². The van der Waals surface area contributed by atoms with Crippen LogP contribution in [0.25, 0.3) is 0 Å². The number of benzene rings is 2. The fourth-order valence-corrected chi connectivity index (χ4v) is 2.29. The highest BCUT2D eigenvalue weighted by atomic mass is 127. The highest BCUT2D eigenvalue weighted by Crippen LogP contribution is 2.11. The lowest BCUT2D eigenvalue weighted by Gasteiger charge is -2.06. The fourth-order valence-electron chi connectivity index (χ4n) is 1.93. The van der Waals surface area contributed by atoms with E-state index in [0.717, 1.165) is 22.3 Å². The van der Waals surface area contributed by atoms with Crippen molar-refractivity contribution in [2.24, 2.45) is 5.10 Å². The molecule has 0 unspecified atom stereocenters. The lowest BCUT2D eigenvalue weighted by atomic mass is 10.0. The molecule has 0 spiro atoms. The number of hydrogen-bond acceptors (Lipinski definition) is 2. The average molecular weight is 392 g/mol. The molecule has 0 saturated heterocycles. The standard InChI is InChI=1S/C17H17IN2O/c1-12-3-4-13(2)15(9-12)10-17(21)20-19-11-14-5-7-16(18)8-6-14/h3-9,11H,10H2,1-2H3,(H,20,21)/b19-11+. The molecule has 21 heavy (non-hydrogen) atoms. The van der Waals surface area contributed by atoms with E-state index < -0.39 is 0 Å². The minimum absolute atomic E-state index is 0.106. The number of aryl methyl sites for hydroxylation is 2. The van der Waals surface area contributed by atoms with E-state index in [1.807, 2.05) is 56.3 Å². The monoisotopic (exact) mass is 392 g/mol. The van der Waals surface area contributed by atoms with E-state index >= 15 is 0 Å². The van der Waals surface area contributed by atoms with Crippen molar-refractivity contribution < 1.29 is 4.79 Å². The van der Waals surface area contributed by atoms with Crippen molar-refractivity contribution in [3.05, 3.63) is 68.3 Å². The van der Waals surface area contributed by atoms with Gasteiger partial charge in [-0.15, -0.1) is 0 Å². The lowest BCUT2D eigenvalue weighted by Crippen LogP contribution is -2.20. The van der Waals surface area contributed by atoms with Crippen LogP contribution in [0.4, 0.5) is 0 Å². The van der Waals surface area contributed by atoms with E-state index in [4.69, 9.17) is 0 Å². The Morgan fingerprint density at radius 2 is 1.90 bits per heavy atom. The van der Waals surface area contributed by atoms with Gasteiger partial charge in [0.1, 0.15) is 0 Å². The largest absolute Gasteiger partial charge is 0.273 e. The molecular formula is C17H17IN2O. The number of nitrogens with one attached hydrogen (secondary N) is 1. The van der Waals surface area contributed by atoms with E-state index in [1.165, 1.54) is 3.57 Å². The van der Waals surface area contributed by atoms with Gasteiger partial charge in [0.15, 0.2) is 0 Å². The Balaban J connectivity index is 1.93. The van der Waals surface area contributed by atoms with Crippen LogP contribution in [0.15, 0.2) is 47.6 Å². The average Bonchev–Trinajstić information content (AvgIpc) is 2.45. The molecule has 1 N–H and O–H groups in total. The van der Waals surface area contributed by atoms with Gasteiger partial charge in [0.05, 0.1) is 12.6 Å². The Kier molecular flexibility index (Phi) is 5.50. The molecule has 2 aromatic rings. The summed E-state index contributed by atoms with van der Waals surface area (Å²) >= 11 is 2.25. The minimum atomic E-state index is -0.106. The fraction of sp³-hybridized carbons (Fsp3) is 0.176. The molecule has 2 aromatic carbocycles. The summed E-state index contributed by atoms with van der Waals surface area (Å²) in [6, 6.07) is 14.0. The van der Waals surface area contributed by atoms with Crippen LogP contribution in [0.1, 0.15) is 22.3 Å². The Bertz CT molecular complexity index is 663. The quantitative estimate of drug-likeness (QED) is 0.482. The number of amides is 1. The number of hydrogen-bond donors (Lipinski definition) is 1. The summed E-state index contributed by atoms with van der Waals surface area (Å²) in [6.45, 7) is 4.03. The van der Waals surface area contributed by atoms with Gasteiger partial charge < -0.3 is 0 Å². The molecule has 0 saturated carbocycles. The second-order valence-electron chi connectivity index (χ2n) is 4.95. The Morgan fingerprint density at radius 1 is 1.19 bits per heavy atom. The number of carbonyl (C=O) groups is 1. The number of rotatable bonds is 4. The van der Waals surface area contributed by atoms with E-state index in [1.54, 1.807) is 6.21 Å². The van der Waals surface area contributed by atoms with Gasteiger partial charge in [0.25, 0.3) is 0 Å². The Labute approximate surface area is 138 Å². The zero-order valence-corrected chi connectivity index (χ0v) is 14.2. The molecule has 0 bridgehead atoms. The summed E-state index contributed by atoms with van der Waals surface area (Å²) in [7, 11) is 0. The Morgan fingerprint density at radius 3 is 2.62 bits per heavy atom. The summed E-state index contributed by atoms with van der Waals surface area (Å²) < 4.78 is 1.17. The molecule has 0 aliphatic carbocycles. The first kappa shape index (κ1) is 15.7.